The van der Waals surface area contributed by atoms with Gasteiger partial charge in [-0.3, -0.25) is 23.5 Å². The molecule has 43 heavy (non-hydrogen) atoms. The van der Waals surface area contributed by atoms with Crippen LogP contribution in [0.5, 0.6) is 5.88 Å². The number of aromatic hydroxyl groups is 1. The minimum absolute atomic E-state index is 0.0968. The highest BCUT2D eigenvalue weighted by Crippen LogP contribution is 2.32. The van der Waals surface area contributed by atoms with Crippen LogP contribution >= 0.6 is 25.3 Å². The van der Waals surface area contributed by atoms with Gasteiger partial charge in [0.15, 0.2) is 17.2 Å². The molecule has 0 saturated heterocycles. The molecule has 12 heteroatoms. The Balaban J connectivity index is 1.44. The number of allylic oxidation sites excluding steroid dienone is 1. The first kappa shape index (κ1) is 28.3. The fourth-order valence-electron chi connectivity index (χ4n) is 5.24. The lowest BCUT2D eigenvalue weighted by Crippen LogP contribution is -2.44. The molecule has 2 aromatic carbocycles. The van der Waals surface area contributed by atoms with Crippen molar-refractivity contribution in [1.29, 1.82) is 0 Å². The Morgan fingerprint density at radius 3 is 2.02 bits per heavy atom. The summed E-state index contributed by atoms with van der Waals surface area (Å²) in [6.45, 7) is 3.45. The Morgan fingerprint density at radius 1 is 0.791 bits per heavy atom. The topological polar surface area (TPSA) is 115 Å². The molecule has 4 heterocycles. The molecule has 1 aromatic heterocycles. The van der Waals surface area contributed by atoms with Gasteiger partial charge in [0, 0.05) is 34.7 Å². The van der Waals surface area contributed by atoms with Crippen LogP contribution in [-0.2, 0) is 14.1 Å². The summed E-state index contributed by atoms with van der Waals surface area (Å²) < 4.78 is 4.08. The van der Waals surface area contributed by atoms with Crippen LogP contribution in [0.4, 0.5) is 5.69 Å². The maximum atomic E-state index is 13.4. The SMILES string of the molecule is Cc1c(C=C/C=c2\c(C)c3c(n(C)c2=O)=NN(c2ccc(S)cc2)C3=O)c(O)n(C)c2nn(-c3ccc(S)cc3)c(=O)c1-2. The number of fused-ring (bicyclic) bond motifs is 2. The smallest absolute Gasteiger partial charge is 0.282 e. The van der Waals surface area contributed by atoms with Gasteiger partial charge in [-0.1, -0.05) is 6.08 Å². The van der Waals surface area contributed by atoms with E-state index in [0.29, 0.717) is 50.2 Å². The molecule has 1 amide bonds. The fraction of sp³-hybridized carbons (Fsp3) is 0.129. The second kappa shape index (κ2) is 10.5. The van der Waals surface area contributed by atoms with Crippen molar-refractivity contribution in [2.75, 3.05) is 5.01 Å². The molecule has 6 rings (SSSR count). The number of amides is 1. The molecule has 0 radical (unpaired) electrons. The molecule has 216 valence electrons. The molecule has 0 atom stereocenters. The summed E-state index contributed by atoms with van der Waals surface area (Å²) >= 11 is 8.60. The van der Waals surface area contributed by atoms with Crippen molar-refractivity contribution < 1.29 is 9.90 Å². The van der Waals surface area contributed by atoms with E-state index >= 15 is 0 Å². The van der Waals surface area contributed by atoms with Crippen molar-refractivity contribution in [1.82, 2.24) is 18.9 Å². The number of rotatable bonds is 4. The van der Waals surface area contributed by atoms with Crippen molar-refractivity contribution in [3.8, 4) is 23.0 Å². The summed E-state index contributed by atoms with van der Waals surface area (Å²) in [5, 5.41) is 21.5. The second-order valence-corrected chi connectivity index (χ2v) is 11.2. The molecule has 0 fully saturated rings. The number of aromatic nitrogens is 4. The van der Waals surface area contributed by atoms with E-state index in [1.807, 2.05) is 0 Å². The summed E-state index contributed by atoms with van der Waals surface area (Å²) in [5.74, 6) is -0.112. The van der Waals surface area contributed by atoms with E-state index in [0.717, 1.165) is 9.79 Å². The van der Waals surface area contributed by atoms with Crippen molar-refractivity contribution in [2.45, 2.75) is 23.6 Å². The first-order valence-electron chi connectivity index (χ1n) is 13.2. The van der Waals surface area contributed by atoms with Crippen LogP contribution in [-0.4, -0.2) is 29.9 Å². The van der Waals surface area contributed by atoms with Gasteiger partial charge in [-0.15, -0.1) is 35.5 Å². The zero-order valence-electron chi connectivity index (χ0n) is 23.6. The Bertz CT molecular complexity index is 2210. The number of nitrogens with zero attached hydrogens (tertiary/aromatic N) is 6. The highest BCUT2D eigenvalue weighted by Gasteiger charge is 2.30. The number of pyridine rings is 2. The standard InChI is InChI=1S/C31H26N6O4S2/c1-16-22(28(38)34(3)26-24(16)30(40)36(32-26)18-8-12-20(42)13-9-18)6-5-7-23-17(2)25-27(35(4)29(23)39)33-37(31(25)41)19-10-14-21(43)15-11-19/h5-15,38,42-43H,1-4H3/b6-5?,23-7+. The molecule has 0 aliphatic carbocycles. The number of benzene rings is 2. The first-order valence-corrected chi connectivity index (χ1v) is 14.1. The molecule has 0 bridgehead atoms. The van der Waals surface area contributed by atoms with E-state index in [2.05, 4.69) is 35.5 Å². The highest BCUT2D eigenvalue weighted by atomic mass is 32.1. The van der Waals surface area contributed by atoms with Gasteiger partial charge in [-0.25, -0.2) is 0 Å². The second-order valence-electron chi connectivity index (χ2n) is 10.2. The molecule has 1 N–H and O–H groups in total. The van der Waals surface area contributed by atoms with Crippen LogP contribution in [0.2, 0.25) is 0 Å². The maximum Gasteiger partial charge on any atom is 0.282 e. The van der Waals surface area contributed by atoms with Crippen molar-refractivity contribution >= 4 is 49.0 Å². The quantitative estimate of drug-likeness (QED) is 0.271. The predicted molar refractivity (Wildman–Crippen MR) is 170 cm³/mol. The van der Waals surface area contributed by atoms with E-state index in [1.54, 1.807) is 94.7 Å². The summed E-state index contributed by atoms with van der Waals surface area (Å²) in [6.07, 6.45) is 4.83. The Labute approximate surface area is 256 Å². The summed E-state index contributed by atoms with van der Waals surface area (Å²) in [4.78, 5) is 41.7. The molecule has 3 aromatic rings. The molecular weight excluding hydrogens is 585 g/mol. The minimum atomic E-state index is -0.344. The Hall–Kier alpha value is -4.81. The van der Waals surface area contributed by atoms with E-state index < -0.39 is 0 Å². The lowest BCUT2D eigenvalue weighted by atomic mass is 10.0. The van der Waals surface area contributed by atoms with Gasteiger partial charge in [0.05, 0.1) is 22.5 Å². The number of carbonyl (C=O) groups is 1. The fourth-order valence-corrected chi connectivity index (χ4v) is 5.54. The Kier molecular flexibility index (Phi) is 6.90. The van der Waals surface area contributed by atoms with Crippen LogP contribution in [0.25, 0.3) is 29.2 Å². The van der Waals surface area contributed by atoms with Crippen molar-refractivity contribution in [2.24, 2.45) is 19.2 Å². The number of hydrogen-bond acceptors (Lipinski definition) is 8. The maximum absolute atomic E-state index is 13.4. The van der Waals surface area contributed by atoms with Gasteiger partial charge >= 0.3 is 0 Å². The van der Waals surface area contributed by atoms with Gasteiger partial charge in [0.25, 0.3) is 17.0 Å². The van der Waals surface area contributed by atoms with Gasteiger partial charge < -0.3 is 5.11 Å². The van der Waals surface area contributed by atoms with Crippen LogP contribution in [0.3, 0.4) is 0 Å². The largest absolute Gasteiger partial charge is 0.494 e. The molecule has 3 aliphatic rings. The van der Waals surface area contributed by atoms with Gasteiger partial charge in [0.2, 0.25) is 0 Å². The third-order valence-electron chi connectivity index (χ3n) is 7.65. The monoisotopic (exact) mass is 610 g/mol. The third-order valence-corrected chi connectivity index (χ3v) is 8.25. The number of thiol groups is 2. The molecular formula is C31H26N6O4S2. The average Bonchev–Trinajstić information content (AvgIpc) is 3.52. The zero-order chi connectivity index (χ0) is 30.7. The Morgan fingerprint density at radius 2 is 1.40 bits per heavy atom. The van der Waals surface area contributed by atoms with E-state index in [9.17, 15) is 19.5 Å². The average molecular weight is 611 g/mol. The molecule has 10 nitrogen and oxygen atoms in total. The molecule has 0 saturated carbocycles. The third kappa shape index (κ3) is 4.50. The molecule has 3 aliphatic heterocycles. The van der Waals surface area contributed by atoms with Gasteiger partial charge in [-0.2, -0.15) is 9.69 Å². The van der Waals surface area contributed by atoms with Crippen LogP contribution in [0, 0.1) is 13.8 Å². The van der Waals surface area contributed by atoms with Crippen LogP contribution in [0.1, 0.15) is 27.0 Å². The van der Waals surface area contributed by atoms with Crippen LogP contribution < -0.4 is 26.8 Å². The summed E-state index contributed by atoms with van der Waals surface area (Å²) in [7, 11) is 3.19. The van der Waals surface area contributed by atoms with Crippen molar-refractivity contribution in [3.05, 3.63) is 108 Å². The van der Waals surface area contributed by atoms with Crippen molar-refractivity contribution in [3.63, 3.8) is 0 Å². The minimum Gasteiger partial charge on any atom is -0.494 e. The zero-order valence-corrected chi connectivity index (χ0v) is 25.4. The summed E-state index contributed by atoms with van der Waals surface area (Å²) in [5.41, 5.74) is 2.86. The van der Waals surface area contributed by atoms with E-state index in [1.165, 1.54) is 18.8 Å². The van der Waals surface area contributed by atoms with E-state index in [4.69, 9.17) is 0 Å². The highest BCUT2D eigenvalue weighted by molar-refractivity contribution is 7.80. The molecule has 0 spiro atoms. The lowest BCUT2D eigenvalue weighted by molar-refractivity contribution is 0.0994. The number of carbonyl (C=O) groups excluding carboxylic acids is 1. The van der Waals surface area contributed by atoms with Crippen LogP contribution in [0.15, 0.2) is 79.1 Å². The van der Waals surface area contributed by atoms with Gasteiger partial charge in [0.1, 0.15) is 0 Å². The molecule has 0 unspecified atom stereocenters. The number of anilines is 1. The van der Waals surface area contributed by atoms with Gasteiger partial charge in [-0.05, 0) is 85.7 Å². The predicted octanol–water partition coefficient (Wildman–Crippen LogP) is 2.96. The number of hydrogen-bond donors (Lipinski definition) is 3. The normalized spacial score (nSPS) is 13.4. The summed E-state index contributed by atoms with van der Waals surface area (Å²) in [6, 6.07) is 14.0. The van der Waals surface area contributed by atoms with E-state index in [-0.39, 0.29) is 28.4 Å². The first-order chi connectivity index (χ1) is 20.5. The lowest BCUT2D eigenvalue weighted by Gasteiger charge is -2.14.